The van der Waals surface area contributed by atoms with E-state index >= 15 is 0 Å². The Hall–Kier alpha value is -2.35. The van der Waals surface area contributed by atoms with Crippen LogP contribution in [0.2, 0.25) is 0 Å². The number of amides is 2. The van der Waals surface area contributed by atoms with Crippen molar-refractivity contribution in [3.8, 4) is 6.07 Å². The molecule has 0 saturated carbocycles. The van der Waals surface area contributed by atoms with E-state index in [9.17, 15) is 9.59 Å². The van der Waals surface area contributed by atoms with Gasteiger partial charge in [-0.25, -0.2) is 0 Å². The van der Waals surface area contributed by atoms with Crippen LogP contribution >= 0.6 is 0 Å². The van der Waals surface area contributed by atoms with Crippen molar-refractivity contribution in [1.82, 2.24) is 5.32 Å². The van der Waals surface area contributed by atoms with E-state index in [1.165, 1.54) is 11.8 Å². The molecular weight excluding hydrogens is 266 g/mol. The van der Waals surface area contributed by atoms with Gasteiger partial charge in [0.25, 0.3) is 0 Å². The predicted molar refractivity (Wildman–Crippen MR) is 81.7 cm³/mol. The lowest BCUT2D eigenvalue weighted by Gasteiger charge is -2.21. The Morgan fingerprint density at radius 3 is 2.62 bits per heavy atom. The molecule has 0 fully saturated rings. The van der Waals surface area contributed by atoms with Gasteiger partial charge in [-0.15, -0.1) is 0 Å². The van der Waals surface area contributed by atoms with Crippen molar-refractivity contribution in [2.75, 3.05) is 18.0 Å². The van der Waals surface area contributed by atoms with Gasteiger partial charge in [0.1, 0.15) is 12.6 Å². The van der Waals surface area contributed by atoms with E-state index in [-0.39, 0.29) is 18.4 Å². The molecule has 0 radical (unpaired) electrons. The van der Waals surface area contributed by atoms with Gasteiger partial charge in [-0.2, -0.15) is 5.26 Å². The first-order chi connectivity index (χ1) is 10.1. The Kier molecular flexibility index (Phi) is 6.96. The molecule has 1 aromatic carbocycles. The topological polar surface area (TPSA) is 73.2 Å². The van der Waals surface area contributed by atoms with E-state index in [2.05, 4.69) is 12.2 Å². The van der Waals surface area contributed by atoms with Gasteiger partial charge < -0.3 is 10.2 Å². The number of hydrogen-bond acceptors (Lipinski definition) is 3. The predicted octanol–water partition coefficient (Wildman–Crippen LogP) is 2.22. The van der Waals surface area contributed by atoms with Crippen LogP contribution in [0.5, 0.6) is 0 Å². The van der Waals surface area contributed by atoms with E-state index in [1.807, 2.05) is 6.07 Å². The summed E-state index contributed by atoms with van der Waals surface area (Å²) in [7, 11) is 0. The molecule has 0 spiro atoms. The van der Waals surface area contributed by atoms with E-state index in [4.69, 9.17) is 5.26 Å². The summed E-state index contributed by atoms with van der Waals surface area (Å²) in [4.78, 5) is 25.0. The summed E-state index contributed by atoms with van der Waals surface area (Å²) in [5, 5.41) is 11.9. The summed E-state index contributed by atoms with van der Waals surface area (Å²) in [5.74, 6) is -0.476. The number of unbranched alkanes of at least 4 members (excludes halogenated alkanes) is 2. The highest BCUT2D eigenvalue weighted by Crippen LogP contribution is 2.19. The minimum Gasteiger partial charge on any atom is -0.355 e. The highest BCUT2D eigenvalue weighted by atomic mass is 16.2. The standard InChI is InChI=1S/C16H21N3O2/c1-3-4-7-10-18-16(21)12-19(13(2)20)15-9-6-5-8-14(15)11-17/h5-6,8-9H,3-4,7,10,12H2,1-2H3,(H,18,21). The Balaban J connectivity index is 2.73. The average molecular weight is 287 g/mol. The second-order valence-electron chi connectivity index (χ2n) is 4.79. The Morgan fingerprint density at radius 1 is 1.29 bits per heavy atom. The molecule has 0 saturated heterocycles. The number of rotatable bonds is 7. The minimum atomic E-state index is -0.263. The first-order valence-corrected chi connectivity index (χ1v) is 7.14. The first-order valence-electron chi connectivity index (χ1n) is 7.14. The highest BCUT2D eigenvalue weighted by Gasteiger charge is 2.18. The van der Waals surface area contributed by atoms with Gasteiger partial charge in [0.15, 0.2) is 0 Å². The monoisotopic (exact) mass is 287 g/mol. The van der Waals surface area contributed by atoms with Crippen LogP contribution in [-0.2, 0) is 9.59 Å². The normalized spacial score (nSPS) is 9.76. The molecular formula is C16H21N3O2. The molecule has 0 aliphatic carbocycles. The minimum absolute atomic E-state index is 0.0693. The molecule has 112 valence electrons. The zero-order chi connectivity index (χ0) is 15.7. The molecule has 2 amide bonds. The van der Waals surface area contributed by atoms with Gasteiger partial charge in [-0.3, -0.25) is 9.59 Å². The summed E-state index contributed by atoms with van der Waals surface area (Å²) in [6.45, 7) is 4.02. The van der Waals surface area contributed by atoms with Crippen molar-refractivity contribution in [3.05, 3.63) is 29.8 Å². The summed E-state index contributed by atoms with van der Waals surface area (Å²) < 4.78 is 0. The summed E-state index contributed by atoms with van der Waals surface area (Å²) in [6.07, 6.45) is 3.08. The van der Waals surface area contributed by atoms with E-state index in [0.29, 0.717) is 17.8 Å². The third-order valence-corrected chi connectivity index (χ3v) is 3.10. The summed E-state index contributed by atoms with van der Waals surface area (Å²) in [5.41, 5.74) is 0.850. The molecule has 5 heteroatoms. The number of carbonyl (C=O) groups excluding carboxylic acids is 2. The number of nitrogens with one attached hydrogen (secondary N) is 1. The van der Waals surface area contributed by atoms with Crippen LogP contribution in [0, 0.1) is 11.3 Å². The molecule has 0 aliphatic heterocycles. The zero-order valence-corrected chi connectivity index (χ0v) is 12.6. The van der Waals surface area contributed by atoms with Crippen molar-refractivity contribution >= 4 is 17.5 Å². The molecule has 0 unspecified atom stereocenters. The zero-order valence-electron chi connectivity index (χ0n) is 12.6. The molecule has 1 rings (SSSR count). The molecule has 0 bridgehead atoms. The lowest BCUT2D eigenvalue weighted by Crippen LogP contribution is -2.40. The molecule has 21 heavy (non-hydrogen) atoms. The van der Waals surface area contributed by atoms with Gasteiger partial charge in [0, 0.05) is 13.5 Å². The Morgan fingerprint density at radius 2 is 2.00 bits per heavy atom. The van der Waals surface area contributed by atoms with Crippen LogP contribution in [0.4, 0.5) is 5.69 Å². The molecule has 5 nitrogen and oxygen atoms in total. The lowest BCUT2D eigenvalue weighted by atomic mass is 10.1. The van der Waals surface area contributed by atoms with Crippen LogP contribution in [0.25, 0.3) is 0 Å². The van der Waals surface area contributed by atoms with E-state index in [0.717, 1.165) is 19.3 Å². The van der Waals surface area contributed by atoms with Crippen molar-refractivity contribution in [3.63, 3.8) is 0 Å². The molecule has 0 atom stereocenters. The number of hydrogen-bond donors (Lipinski definition) is 1. The molecule has 1 N–H and O–H groups in total. The Bertz CT molecular complexity index is 535. The largest absolute Gasteiger partial charge is 0.355 e. The summed E-state index contributed by atoms with van der Waals surface area (Å²) in [6, 6.07) is 8.81. The van der Waals surface area contributed by atoms with Crippen molar-refractivity contribution < 1.29 is 9.59 Å². The number of benzene rings is 1. The van der Waals surface area contributed by atoms with Gasteiger partial charge in [0.05, 0.1) is 11.3 Å². The van der Waals surface area contributed by atoms with E-state index < -0.39 is 0 Å². The fourth-order valence-corrected chi connectivity index (χ4v) is 1.97. The second kappa shape index (κ2) is 8.75. The maximum absolute atomic E-state index is 11.9. The van der Waals surface area contributed by atoms with Crippen LogP contribution in [0.3, 0.4) is 0 Å². The third-order valence-electron chi connectivity index (χ3n) is 3.10. The van der Waals surface area contributed by atoms with Crippen LogP contribution in [-0.4, -0.2) is 24.9 Å². The summed E-state index contributed by atoms with van der Waals surface area (Å²) >= 11 is 0. The fourth-order valence-electron chi connectivity index (χ4n) is 1.97. The maximum atomic E-state index is 11.9. The molecule has 0 heterocycles. The smallest absolute Gasteiger partial charge is 0.240 e. The number of carbonyl (C=O) groups is 2. The number of para-hydroxylation sites is 1. The van der Waals surface area contributed by atoms with Crippen LogP contribution in [0.1, 0.15) is 38.7 Å². The van der Waals surface area contributed by atoms with Gasteiger partial charge in [-0.05, 0) is 18.6 Å². The van der Waals surface area contributed by atoms with Gasteiger partial charge in [0.2, 0.25) is 11.8 Å². The molecule has 1 aromatic rings. The molecule has 0 aliphatic rings. The third kappa shape index (κ3) is 5.27. The lowest BCUT2D eigenvalue weighted by molar-refractivity contribution is -0.123. The van der Waals surface area contributed by atoms with Crippen LogP contribution < -0.4 is 10.2 Å². The van der Waals surface area contributed by atoms with Crippen LogP contribution in [0.15, 0.2) is 24.3 Å². The number of anilines is 1. The van der Waals surface area contributed by atoms with E-state index in [1.54, 1.807) is 24.3 Å². The van der Waals surface area contributed by atoms with Crippen molar-refractivity contribution in [1.29, 1.82) is 5.26 Å². The Labute approximate surface area is 125 Å². The van der Waals surface area contributed by atoms with Gasteiger partial charge in [-0.1, -0.05) is 31.9 Å². The van der Waals surface area contributed by atoms with Crippen molar-refractivity contribution in [2.24, 2.45) is 0 Å². The molecule has 0 aromatic heterocycles. The first kappa shape index (κ1) is 16.7. The maximum Gasteiger partial charge on any atom is 0.240 e. The fraction of sp³-hybridized carbons (Fsp3) is 0.438. The second-order valence-corrected chi connectivity index (χ2v) is 4.79. The highest BCUT2D eigenvalue weighted by molar-refractivity contribution is 5.98. The van der Waals surface area contributed by atoms with Crippen molar-refractivity contribution in [2.45, 2.75) is 33.1 Å². The van der Waals surface area contributed by atoms with Gasteiger partial charge >= 0.3 is 0 Å². The SMILES string of the molecule is CCCCCNC(=O)CN(C(C)=O)c1ccccc1C#N. The number of nitriles is 1. The number of nitrogens with zero attached hydrogens (tertiary/aromatic N) is 2. The quantitative estimate of drug-likeness (QED) is 0.781. The average Bonchev–Trinajstić information content (AvgIpc) is 2.49.